The van der Waals surface area contributed by atoms with E-state index in [1.165, 1.54) is 41.3 Å². The number of nitrogens with zero attached hydrogens (tertiary/aromatic N) is 3. The molecular weight excluding hydrogens is 414 g/mol. The topological polar surface area (TPSA) is 119 Å². The number of hydrogen-bond acceptors (Lipinski definition) is 9. The number of carbonyl (C=O) groups excluding carboxylic acids is 1. The quantitative estimate of drug-likeness (QED) is 0.307. The average molecular weight is 431 g/mol. The fourth-order valence-corrected chi connectivity index (χ4v) is 4.23. The highest BCUT2D eigenvalue weighted by atomic mass is 32.2. The molecule has 0 aliphatic heterocycles. The Balaban J connectivity index is 1.61. The van der Waals surface area contributed by atoms with Gasteiger partial charge in [-0.3, -0.25) is 14.9 Å². The minimum Gasteiger partial charge on any atom is -0.495 e. The third kappa shape index (κ3) is 5.42. The van der Waals surface area contributed by atoms with Crippen molar-refractivity contribution in [1.29, 1.82) is 0 Å². The molecule has 0 saturated heterocycles. The van der Waals surface area contributed by atoms with Crippen LogP contribution in [0.3, 0.4) is 0 Å². The predicted octanol–water partition coefficient (Wildman–Crippen LogP) is 4.32. The summed E-state index contributed by atoms with van der Waals surface area (Å²) in [6, 6.07) is 13.2. The highest BCUT2D eigenvalue weighted by molar-refractivity contribution is 8.02. The van der Waals surface area contributed by atoms with Crippen LogP contribution >= 0.6 is 23.1 Å². The fraction of sp³-hybridized carbons (Fsp3) is 0.167. The molecule has 0 saturated carbocycles. The van der Waals surface area contributed by atoms with E-state index in [1.807, 2.05) is 24.3 Å². The molecule has 1 heterocycles. The van der Waals surface area contributed by atoms with Gasteiger partial charge < -0.3 is 15.4 Å². The number of ether oxygens (including phenoxy) is 1. The van der Waals surface area contributed by atoms with Gasteiger partial charge in [0.1, 0.15) is 5.75 Å². The van der Waals surface area contributed by atoms with Gasteiger partial charge in [-0.15, -0.1) is 10.2 Å². The molecule has 2 aromatic carbocycles. The molecule has 2 N–H and O–H groups in total. The second kappa shape index (κ2) is 9.34. The number of carbonyl (C=O) groups is 1. The summed E-state index contributed by atoms with van der Waals surface area (Å²) in [5.41, 5.74) is 1.05. The van der Waals surface area contributed by atoms with Crippen molar-refractivity contribution in [2.45, 2.75) is 16.5 Å². The van der Waals surface area contributed by atoms with Crippen LogP contribution in [0.5, 0.6) is 5.75 Å². The molecule has 0 radical (unpaired) electrons. The third-order valence-corrected chi connectivity index (χ3v) is 5.75. The first-order chi connectivity index (χ1) is 14.0. The first-order valence-electron chi connectivity index (χ1n) is 8.42. The molecule has 0 spiro atoms. The van der Waals surface area contributed by atoms with E-state index in [4.69, 9.17) is 4.74 Å². The summed E-state index contributed by atoms with van der Waals surface area (Å²) >= 11 is 2.56. The number of rotatable bonds is 8. The van der Waals surface area contributed by atoms with Crippen molar-refractivity contribution in [3.63, 3.8) is 0 Å². The van der Waals surface area contributed by atoms with Crippen LogP contribution in [0.2, 0.25) is 0 Å². The van der Waals surface area contributed by atoms with E-state index in [0.29, 0.717) is 20.9 Å². The van der Waals surface area contributed by atoms with Crippen molar-refractivity contribution < 1.29 is 14.5 Å². The van der Waals surface area contributed by atoms with E-state index >= 15 is 0 Å². The van der Waals surface area contributed by atoms with Gasteiger partial charge in [-0.1, -0.05) is 41.3 Å². The van der Waals surface area contributed by atoms with E-state index in [9.17, 15) is 14.9 Å². The van der Waals surface area contributed by atoms with Gasteiger partial charge in [0.2, 0.25) is 11.0 Å². The van der Waals surface area contributed by atoms with E-state index in [2.05, 4.69) is 20.8 Å². The van der Waals surface area contributed by atoms with Crippen molar-refractivity contribution >= 4 is 51.2 Å². The molecule has 0 unspecified atom stereocenters. The van der Waals surface area contributed by atoms with Crippen LogP contribution in [-0.4, -0.2) is 33.4 Å². The van der Waals surface area contributed by atoms with Crippen LogP contribution in [0.4, 0.5) is 22.2 Å². The molecule has 1 aromatic heterocycles. The number of aromatic nitrogens is 2. The Morgan fingerprint density at radius 1 is 1.24 bits per heavy atom. The predicted molar refractivity (Wildman–Crippen MR) is 113 cm³/mol. The van der Waals surface area contributed by atoms with Crippen molar-refractivity contribution in [3.8, 4) is 5.75 Å². The van der Waals surface area contributed by atoms with Gasteiger partial charge >= 0.3 is 0 Å². The smallest absolute Gasteiger partial charge is 0.271 e. The van der Waals surface area contributed by atoms with Gasteiger partial charge in [-0.05, 0) is 25.1 Å². The Bertz CT molecular complexity index is 1030. The zero-order valence-corrected chi connectivity index (χ0v) is 17.1. The Morgan fingerprint density at radius 2 is 2.03 bits per heavy atom. The average Bonchev–Trinajstić information content (AvgIpc) is 3.15. The standard InChI is InChI=1S/C18H17N5O4S2/c1-11(16(24)19-12-6-5-7-13(10-12)23(25)26)28-18-22-21-17(29-18)20-14-8-3-4-9-15(14)27-2/h3-11H,1-2H3,(H,19,24)(H,20,21)/t11-/m1/s1. The number of nitro groups is 1. The maximum atomic E-state index is 12.4. The van der Waals surface area contributed by atoms with Crippen molar-refractivity contribution in [1.82, 2.24) is 10.2 Å². The molecule has 1 atom stereocenters. The first kappa shape index (κ1) is 20.6. The number of amides is 1. The monoisotopic (exact) mass is 431 g/mol. The highest BCUT2D eigenvalue weighted by Gasteiger charge is 2.18. The number of anilines is 3. The number of nitrogens with one attached hydrogen (secondary N) is 2. The summed E-state index contributed by atoms with van der Waals surface area (Å²) in [6.07, 6.45) is 0. The number of thioether (sulfide) groups is 1. The maximum absolute atomic E-state index is 12.4. The van der Waals surface area contributed by atoms with Gasteiger partial charge in [0.05, 0.1) is 23.0 Å². The molecule has 29 heavy (non-hydrogen) atoms. The molecule has 0 aliphatic carbocycles. The summed E-state index contributed by atoms with van der Waals surface area (Å²) in [5, 5.41) is 25.0. The molecule has 0 aliphatic rings. The van der Waals surface area contributed by atoms with Gasteiger partial charge in [-0.25, -0.2) is 0 Å². The first-order valence-corrected chi connectivity index (χ1v) is 10.1. The molecule has 3 aromatic rings. The van der Waals surface area contributed by atoms with Crippen LogP contribution in [0.1, 0.15) is 6.92 Å². The van der Waals surface area contributed by atoms with Gasteiger partial charge in [0.25, 0.3) is 5.69 Å². The summed E-state index contributed by atoms with van der Waals surface area (Å²) < 4.78 is 5.91. The highest BCUT2D eigenvalue weighted by Crippen LogP contribution is 2.33. The summed E-state index contributed by atoms with van der Waals surface area (Å²) in [6.45, 7) is 1.73. The van der Waals surface area contributed by atoms with Crippen molar-refractivity contribution in [3.05, 3.63) is 58.6 Å². The summed E-state index contributed by atoms with van der Waals surface area (Å²) in [7, 11) is 1.59. The lowest BCUT2D eigenvalue weighted by molar-refractivity contribution is -0.384. The number of nitro benzene ring substituents is 1. The summed E-state index contributed by atoms with van der Waals surface area (Å²) in [5.74, 6) is 0.395. The van der Waals surface area contributed by atoms with E-state index in [1.54, 1.807) is 20.1 Å². The van der Waals surface area contributed by atoms with Crippen LogP contribution in [0.15, 0.2) is 52.9 Å². The second-order valence-corrected chi connectivity index (χ2v) is 8.32. The number of para-hydroxylation sites is 2. The van der Waals surface area contributed by atoms with Crippen LogP contribution in [0, 0.1) is 10.1 Å². The molecule has 0 bridgehead atoms. The molecular formula is C18H17N5O4S2. The van der Waals surface area contributed by atoms with E-state index < -0.39 is 10.2 Å². The fourth-order valence-electron chi connectivity index (χ4n) is 2.32. The lowest BCUT2D eigenvalue weighted by Crippen LogP contribution is -2.22. The van der Waals surface area contributed by atoms with Gasteiger partial charge in [-0.2, -0.15) is 0 Å². The lowest BCUT2D eigenvalue weighted by Gasteiger charge is -2.10. The molecule has 1 amide bonds. The van der Waals surface area contributed by atoms with Crippen LogP contribution in [-0.2, 0) is 4.79 Å². The number of hydrogen-bond donors (Lipinski definition) is 2. The molecule has 9 nitrogen and oxygen atoms in total. The zero-order chi connectivity index (χ0) is 20.8. The maximum Gasteiger partial charge on any atom is 0.271 e. The Labute approximate surface area is 174 Å². The largest absolute Gasteiger partial charge is 0.495 e. The van der Waals surface area contributed by atoms with Crippen LogP contribution in [0.25, 0.3) is 0 Å². The summed E-state index contributed by atoms with van der Waals surface area (Å²) in [4.78, 5) is 22.7. The van der Waals surface area contributed by atoms with E-state index in [-0.39, 0.29) is 11.6 Å². The van der Waals surface area contributed by atoms with Crippen molar-refractivity contribution in [2.24, 2.45) is 0 Å². The Kier molecular flexibility index (Phi) is 6.62. The molecule has 3 rings (SSSR count). The molecule has 11 heteroatoms. The number of methoxy groups -OCH3 is 1. The van der Waals surface area contributed by atoms with Gasteiger partial charge in [0, 0.05) is 17.8 Å². The molecule has 150 valence electrons. The molecule has 0 fully saturated rings. The minimum atomic E-state index is -0.509. The van der Waals surface area contributed by atoms with E-state index in [0.717, 1.165) is 5.69 Å². The Hall–Kier alpha value is -3.18. The lowest BCUT2D eigenvalue weighted by atomic mass is 10.2. The SMILES string of the molecule is COc1ccccc1Nc1nnc(S[C@H](C)C(=O)Nc2cccc([N+](=O)[O-])c2)s1. The normalized spacial score (nSPS) is 11.5. The Morgan fingerprint density at radius 3 is 2.79 bits per heavy atom. The third-order valence-electron chi connectivity index (χ3n) is 3.73. The van der Waals surface area contributed by atoms with Gasteiger partial charge in [0.15, 0.2) is 4.34 Å². The number of benzene rings is 2. The number of non-ortho nitro benzene ring substituents is 1. The minimum absolute atomic E-state index is 0.0840. The zero-order valence-electron chi connectivity index (χ0n) is 15.5. The van der Waals surface area contributed by atoms with Crippen molar-refractivity contribution in [2.75, 3.05) is 17.7 Å². The van der Waals surface area contributed by atoms with Crippen LogP contribution < -0.4 is 15.4 Å². The second-order valence-electron chi connectivity index (χ2n) is 5.76.